The molecule has 0 aliphatic heterocycles. The highest BCUT2D eigenvalue weighted by Gasteiger charge is 2.28. The summed E-state index contributed by atoms with van der Waals surface area (Å²) in [5, 5.41) is 0. The van der Waals surface area contributed by atoms with Crippen LogP contribution in [0.4, 0.5) is 0 Å². The Bertz CT molecular complexity index is 171. The number of halogens is 1. The van der Waals surface area contributed by atoms with Crippen molar-refractivity contribution in [3.63, 3.8) is 0 Å². The fraction of sp³-hybridized carbons (Fsp3) is 1.00. The van der Waals surface area contributed by atoms with E-state index in [4.69, 9.17) is 0 Å². The zero-order valence-corrected chi connectivity index (χ0v) is 13.2. The first kappa shape index (κ1) is 14.7. The average molecular weight is 337 g/mol. The molecule has 2 saturated carbocycles. The van der Waals surface area contributed by atoms with Crippen molar-refractivity contribution in [3.05, 3.63) is 0 Å². The maximum atomic E-state index is 2.46. The molecule has 0 saturated heterocycles. The van der Waals surface area contributed by atoms with Crippen LogP contribution in [0.5, 0.6) is 0 Å². The van der Waals surface area contributed by atoms with Crippen molar-refractivity contribution in [1.82, 2.24) is 0 Å². The van der Waals surface area contributed by atoms with Gasteiger partial charge in [-0.05, 0) is 25.7 Å². The molecule has 0 aromatic heterocycles. The summed E-state index contributed by atoms with van der Waals surface area (Å²) < 4.78 is 1.29. The Morgan fingerprint density at radius 3 is 1.38 bits per heavy atom. The first-order valence-electron chi connectivity index (χ1n) is 6.98. The molecule has 0 aromatic carbocycles. The molecule has 0 bridgehead atoms. The first-order chi connectivity index (χ1) is 7.16. The van der Waals surface area contributed by atoms with E-state index in [9.17, 15) is 0 Å². The van der Waals surface area contributed by atoms with E-state index in [1.807, 2.05) is 0 Å². The summed E-state index contributed by atoms with van der Waals surface area (Å²) in [6.45, 7) is 2.88. The number of hydrogen-bond donors (Lipinski definition) is 0. The van der Waals surface area contributed by atoms with Gasteiger partial charge in [-0.25, -0.2) is 0 Å². The minimum atomic E-state index is 0. The zero-order chi connectivity index (χ0) is 10.7. The maximum absolute atomic E-state index is 2.46. The molecule has 0 heterocycles. The van der Waals surface area contributed by atoms with Crippen molar-refractivity contribution < 1.29 is 28.5 Å². The summed E-state index contributed by atoms with van der Waals surface area (Å²) in [5.41, 5.74) is 0. The highest BCUT2D eigenvalue weighted by atomic mass is 127. The second kappa shape index (κ2) is 6.58. The largest absolute Gasteiger partial charge is 1.00 e. The molecule has 0 atom stereocenters. The smallest absolute Gasteiger partial charge is 0.0811 e. The molecule has 0 spiro atoms. The van der Waals surface area contributed by atoms with E-state index in [1.54, 1.807) is 0 Å². The normalized spacial score (nSPS) is 23.6. The Kier molecular flexibility index (Phi) is 6.06. The van der Waals surface area contributed by atoms with Crippen LogP contribution in [0.3, 0.4) is 0 Å². The van der Waals surface area contributed by atoms with Crippen molar-refractivity contribution in [2.75, 3.05) is 27.2 Å². The van der Waals surface area contributed by atoms with E-state index >= 15 is 0 Å². The minimum absolute atomic E-state index is 0. The topological polar surface area (TPSA) is 0 Å². The van der Waals surface area contributed by atoms with Crippen LogP contribution in [-0.2, 0) is 0 Å². The molecule has 1 nitrogen and oxygen atoms in total. The number of rotatable bonds is 4. The molecule has 2 aliphatic rings. The van der Waals surface area contributed by atoms with Crippen LogP contribution in [-0.4, -0.2) is 31.7 Å². The number of hydrogen-bond acceptors (Lipinski definition) is 0. The number of nitrogens with zero attached hydrogens (tertiary/aromatic N) is 1. The minimum Gasteiger partial charge on any atom is -1.00 e. The van der Waals surface area contributed by atoms with Crippen LogP contribution in [0.25, 0.3) is 0 Å². The van der Waals surface area contributed by atoms with Crippen molar-refractivity contribution in [2.24, 2.45) is 11.8 Å². The van der Waals surface area contributed by atoms with Gasteiger partial charge < -0.3 is 28.5 Å². The second-order valence-electron chi connectivity index (χ2n) is 6.60. The lowest BCUT2D eigenvalue weighted by Gasteiger charge is -2.34. The van der Waals surface area contributed by atoms with Gasteiger partial charge in [0.05, 0.1) is 27.2 Å². The van der Waals surface area contributed by atoms with Gasteiger partial charge in [-0.2, -0.15) is 0 Å². The van der Waals surface area contributed by atoms with Crippen LogP contribution in [0, 0.1) is 11.8 Å². The Morgan fingerprint density at radius 2 is 1.06 bits per heavy atom. The molecule has 0 aromatic rings. The molecular weight excluding hydrogens is 309 g/mol. The van der Waals surface area contributed by atoms with Crippen molar-refractivity contribution in [3.8, 4) is 0 Å². The third kappa shape index (κ3) is 4.52. The molecule has 0 unspecified atom stereocenters. The predicted molar refractivity (Wildman–Crippen MR) is 65.8 cm³/mol. The standard InChI is InChI=1S/C14H28N.HI/c1-15(2,11-13-7-3-4-8-13)12-14-9-5-6-10-14;/h13-14H,3-12H2,1-2H3;1H/q+1;/p-1. The third-order valence-corrected chi connectivity index (χ3v) is 4.45. The van der Waals surface area contributed by atoms with E-state index in [-0.39, 0.29) is 24.0 Å². The van der Waals surface area contributed by atoms with E-state index in [0.29, 0.717) is 0 Å². The molecule has 2 fully saturated rings. The molecule has 2 rings (SSSR count). The van der Waals surface area contributed by atoms with Gasteiger partial charge in [-0.15, -0.1) is 0 Å². The highest BCUT2D eigenvalue weighted by Crippen LogP contribution is 2.30. The van der Waals surface area contributed by atoms with E-state index in [2.05, 4.69) is 14.1 Å². The average Bonchev–Trinajstić information content (AvgIpc) is 2.75. The molecule has 0 N–H and O–H groups in total. The quantitative estimate of drug-likeness (QED) is 0.516. The van der Waals surface area contributed by atoms with Crippen molar-refractivity contribution in [1.29, 1.82) is 0 Å². The summed E-state index contributed by atoms with van der Waals surface area (Å²) in [7, 11) is 4.91. The Balaban J connectivity index is 0.00000128. The molecule has 2 aliphatic carbocycles. The van der Waals surface area contributed by atoms with Crippen LogP contribution >= 0.6 is 0 Å². The summed E-state index contributed by atoms with van der Waals surface area (Å²) in [6, 6.07) is 0. The van der Waals surface area contributed by atoms with Gasteiger partial charge in [0.25, 0.3) is 0 Å². The lowest BCUT2D eigenvalue weighted by molar-refractivity contribution is -0.896. The van der Waals surface area contributed by atoms with Gasteiger partial charge in [0.15, 0.2) is 0 Å². The fourth-order valence-corrected chi connectivity index (χ4v) is 3.86. The Labute approximate surface area is 119 Å². The van der Waals surface area contributed by atoms with Crippen LogP contribution in [0.1, 0.15) is 51.4 Å². The first-order valence-corrected chi connectivity index (χ1v) is 6.98. The van der Waals surface area contributed by atoms with Gasteiger partial charge in [-0.3, -0.25) is 0 Å². The molecule has 96 valence electrons. The Morgan fingerprint density at radius 1 is 0.750 bits per heavy atom. The van der Waals surface area contributed by atoms with Gasteiger partial charge in [0, 0.05) is 11.8 Å². The van der Waals surface area contributed by atoms with Crippen LogP contribution in [0.2, 0.25) is 0 Å². The van der Waals surface area contributed by atoms with Gasteiger partial charge in [-0.1, -0.05) is 25.7 Å². The zero-order valence-electron chi connectivity index (χ0n) is 11.1. The predicted octanol–water partition coefficient (Wildman–Crippen LogP) is 0.447. The molecular formula is C14H28IN. The molecule has 16 heavy (non-hydrogen) atoms. The van der Waals surface area contributed by atoms with E-state index in [0.717, 1.165) is 11.8 Å². The maximum Gasteiger partial charge on any atom is 0.0811 e. The van der Waals surface area contributed by atoms with E-state index < -0.39 is 0 Å². The van der Waals surface area contributed by atoms with Crippen LogP contribution < -0.4 is 24.0 Å². The van der Waals surface area contributed by atoms with Crippen LogP contribution in [0.15, 0.2) is 0 Å². The summed E-state index contributed by atoms with van der Waals surface area (Å²) in [4.78, 5) is 0. The Hall–Kier alpha value is 0.690. The summed E-state index contributed by atoms with van der Waals surface area (Å²) in [5.74, 6) is 2.09. The second-order valence-corrected chi connectivity index (χ2v) is 6.60. The molecule has 0 radical (unpaired) electrons. The molecule has 0 amide bonds. The monoisotopic (exact) mass is 337 g/mol. The molecule has 2 heteroatoms. The van der Waals surface area contributed by atoms with Crippen molar-refractivity contribution >= 4 is 0 Å². The lowest BCUT2D eigenvalue weighted by atomic mass is 10.0. The highest BCUT2D eigenvalue weighted by molar-refractivity contribution is 4.69. The summed E-state index contributed by atoms with van der Waals surface area (Å²) >= 11 is 0. The third-order valence-electron chi connectivity index (χ3n) is 4.45. The van der Waals surface area contributed by atoms with Gasteiger partial charge in [0.2, 0.25) is 0 Å². The van der Waals surface area contributed by atoms with Crippen molar-refractivity contribution in [2.45, 2.75) is 51.4 Å². The van der Waals surface area contributed by atoms with E-state index in [1.165, 1.54) is 68.9 Å². The van der Waals surface area contributed by atoms with Gasteiger partial charge in [0.1, 0.15) is 0 Å². The number of quaternary nitrogens is 1. The lowest BCUT2D eigenvalue weighted by Crippen LogP contribution is -3.00. The fourth-order valence-electron chi connectivity index (χ4n) is 3.86. The summed E-state index contributed by atoms with van der Waals surface area (Å²) in [6.07, 6.45) is 12.0. The SMILES string of the molecule is C[N+](C)(CC1CCCC1)CC1CCCC1.[I-]. The van der Waals surface area contributed by atoms with Gasteiger partial charge >= 0.3 is 0 Å².